The van der Waals surface area contributed by atoms with Crippen LogP contribution in [0.5, 0.6) is 0 Å². The van der Waals surface area contributed by atoms with Gasteiger partial charge in [-0.25, -0.2) is 0 Å². The summed E-state index contributed by atoms with van der Waals surface area (Å²) in [6.45, 7) is 0. The average Bonchev–Trinajstić information content (AvgIpc) is 1.69. The molecule has 7 heavy (non-hydrogen) atoms. The van der Waals surface area contributed by atoms with Gasteiger partial charge in [-0.2, -0.15) is 0 Å². The minimum absolute atomic E-state index is 0.338. The standard InChI is InChI=1S/C5H7NS/c7-5-3-1-2-4-6-5/h1-7H/p+1. The van der Waals surface area contributed by atoms with Gasteiger partial charge in [0.25, 0.3) is 0 Å². The van der Waals surface area contributed by atoms with E-state index in [4.69, 9.17) is 0 Å². The van der Waals surface area contributed by atoms with E-state index in [-0.39, 0.29) is 0 Å². The zero-order valence-electron chi connectivity index (χ0n) is 3.91. The highest BCUT2D eigenvalue weighted by Gasteiger charge is 1.96. The highest BCUT2D eigenvalue weighted by atomic mass is 32.1. The van der Waals surface area contributed by atoms with Crippen LogP contribution in [-0.4, -0.2) is 5.37 Å². The van der Waals surface area contributed by atoms with Gasteiger partial charge in [-0.15, -0.1) is 12.6 Å². The zero-order chi connectivity index (χ0) is 5.11. The predicted molar refractivity (Wildman–Crippen MR) is 33.0 cm³/mol. The van der Waals surface area contributed by atoms with E-state index in [1.807, 2.05) is 29.7 Å². The van der Waals surface area contributed by atoms with E-state index in [1.54, 1.807) is 0 Å². The lowest BCUT2D eigenvalue weighted by Crippen LogP contribution is -2.82. The SMILES string of the molecule is SC1C=CC=C[NH2+]1. The summed E-state index contributed by atoms with van der Waals surface area (Å²) in [6, 6.07) is 0. The van der Waals surface area contributed by atoms with Gasteiger partial charge in [-0.05, 0) is 12.2 Å². The van der Waals surface area contributed by atoms with Crippen molar-refractivity contribution in [2.45, 2.75) is 5.37 Å². The molecule has 0 bridgehead atoms. The van der Waals surface area contributed by atoms with E-state index < -0.39 is 0 Å². The number of allylic oxidation sites excluding steroid dienone is 2. The van der Waals surface area contributed by atoms with Gasteiger partial charge in [0.15, 0.2) is 5.37 Å². The Balaban J connectivity index is 2.49. The van der Waals surface area contributed by atoms with Crippen LogP contribution in [0.25, 0.3) is 0 Å². The van der Waals surface area contributed by atoms with Gasteiger partial charge in [0.05, 0.1) is 6.20 Å². The molecule has 2 N–H and O–H groups in total. The molecule has 0 amide bonds. The molecule has 0 saturated heterocycles. The van der Waals surface area contributed by atoms with Crippen LogP contribution in [0.15, 0.2) is 24.4 Å². The largest absolute Gasteiger partial charge is 0.306 e. The molecule has 2 heteroatoms. The monoisotopic (exact) mass is 114 g/mol. The number of nitrogens with two attached hydrogens (primary N) is 1. The fourth-order valence-corrected chi connectivity index (χ4v) is 0.683. The molecule has 1 unspecified atom stereocenters. The van der Waals surface area contributed by atoms with Crippen molar-refractivity contribution < 1.29 is 5.32 Å². The Morgan fingerprint density at radius 3 is 2.57 bits per heavy atom. The second kappa shape index (κ2) is 2.19. The van der Waals surface area contributed by atoms with Crippen LogP contribution in [0, 0.1) is 0 Å². The molecule has 0 aromatic rings. The summed E-state index contributed by atoms with van der Waals surface area (Å²) >= 11 is 4.17. The smallest absolute Gasteiger partial charge is 0.153 e. The maximum absolute atomic E-state index is 4.17. The summed E-state index contributed by atoms with van der Waals surface area (Å²) in [5.74, 6) is 0. The van der Waals surface area contributed by atoms with Crippen molar-refractivity contribution >= 4 is 12.6 Å². The van der Waals surface area contributed by atoms with Gasteiger partial charge in [0, 0.05) is 0 Å². The van der Waals surface area contributed by atoms with Gasteiger partial charge >= 0.3 is 0 Å². The van der Waals surface area contributed by atoms with Crippen LogP contribution >= 0.6 is 12.6 Å². The Morgan fingerprint density at radius 1 is 1.43 bits per heavy atom. The Bertz CT molecular complexity index is 107. The van der Waals surface area contributed by atoms with Crippen LogP contribution in [-0.2, 0) is 0 Å². The van der Waals surface area contributed by atoms with Crippen molar-refractivity contribution in [3.05, 3.63) is 24.4 Å². The van der Waals surface area contributed by atoms with Crippen LogP contribution in [0.3, 0.4) is 0 Å². The molecule has 1 aliphatic rings. The van der Waals surface area contributed by atoms with Crippen molar-refractivity contribution in [1.29, 1.82) is 0 Å². The van der Waals surface area contributed by atoms with Gasteiger partial charge < -0.3 is 5.32 Å². The molecule has 0 aromatic heterocycles. The van der Waals surface area contributed by atoms with E-state index in [0.29, 0.717) is 5.37 Å². The first-order valence-corrected chi connectivity index (χ1v) is 2.77. The number of hydrogen-bond donors (Lipinski definition) is 2. The summed E-state index contributed by atoms with van der Waals surface area (Å²) in [4.78, 5) is 0. The van der Waals surface area contributed by atoms with Crippen molar-refractivity contribution in [3.8, 4) is 0 Å². The molecular weight excluding hydrogens is 106 g/mol. The third-order valence-electron chi connectivity index (χ3n) is 0.839. The lowest BCUT2D eigenvalue weighted by Gasteiger charge is -2.00. The number of hydrogen-bond acceptors (Lipinski definition) is 1. The summed E-state index contributed by atoms with van der Waals surface area (Å²) < 4.78 is 0. The van der Waals surface area contributed by atoms with Gasteiger partial charge in [0.2, 0.25) is 0 Å². The van der Waals surface area contributed by atoms with E-state index in [9.17, 15) is 0 Å². The van der Waals surface area contributed by atoms with Crippen LogP contribution in [0.4, 0.5) is 0 Å². The molecule has 0 radical (unpaired) electrons. The fraction of sp³-hybridized carbons (Fsp3) is 0.200. The predicted octanol–water partition coefficient (Wildman–Crippen LogP) is -0.111. The minimum Gasteiger partial charge on any atom is -0.306 e. The number of rotatable bonds is 0. The summed E-state index contributed by atoms with van der Waals surface area (Å²) in [5, 5.41) is 2.37. The number of quaternary nitrogens is 1. The third-order valence-corrected chi connectivity index (χ3v) is 1.18. The lowest BCUT2D eigenvalue weighted by molar-refractivity contribution is -0.592. The summed E-state index contributed by atoms with van der Waals surface area (Å²) in [5.41, 5.74) is 0. The average molecular weight is 114 g/mol. The van der Waals surface area contributed by atoms with Crippen LogP contribution < -0.4 is 5.32 Å². The highest BCUT2D eigenvalue weighted by Crippen LogP contribution is 1.88. The molecule has 1 rings (SSSR count). The molecule has 1 heterocycles. The first-order valence-electron chi connectivity index (χ1n) is 2.26. The van der Waals surface area contributed by atoms with Crippen molar-refractivity contribution in [2.75, 3.05) is 0 Å². The Hall–Kier alpha value is -0.210. The van der Waals surface area contributed by atoms with E-state index >= 15 is 0 Å². The number of thiol groups is 1. The quantitative estimate of drug-likeness (QED) is 0.409. The molecule has 0 saturated carbocycles. The molecule has 0 aromatic carbocycles. The minimum atomic E-state index is 0.338. The summed E-state index contributed by atoms with van der Waals surface area (Å²) in [7, 11) is 0. The fourth-order valence-electron chi connectivity index (χ4n) is 0.484. The molecule has 0 aliphatic carbocycles. The summed E-state index contributed by atoms with van der Waals surface area (Å²) in [6.07, 6.45) is 8.02. The van der Waals surface area contributed by atoms with E-state index in [1.165, 1.54) is 0 Å². The normalized spacial score (nSPS) is 28.4. The van der Waals surface area contributed by atoms with Crippen molar-refractivity contribution in [3.63, 3.8) is 0 Å². The van der Waals surface area contributed by atoms with Crippen molar-refractivity contribution in [2.24, 2.45) is 0 Å². The maximum atomic E-state index is 4.17. The van der Waals surface area contributed by atoms with Crippen molar-refractivity contribution in [1.82, 2.24) is 0 Å². The second-order valence-electron chi connectivity index (χ2n) is 1.45. The first kappa shape index (κ1) is 4.94. The van der Waals surface area contributed by atoms with Crippen LogP contribution in [0.1, 0.15) is 0 Å². The lowest BCUT2D eigenvalue weighted by atomic mass is 10.4. The van der Waals surface area contributed by atoms with E-state index in [2.05, 4.69) is 12.6 Å². The highest BCUT2D eigenvalue weighted by molar-refractivity contribution is 7.80. The molecule has 1 nitrogen and oxygen atoms in total. The molecule has 38 valence electrons. The van der Waals surface area contributed by atoms with Gasteiger partial charge in [-0.3, -0.25) is 0 Å². The zero-order valence-corrected chi connectivity index (χ0v) is 4.81. The first-order chi connectivity index (χ1) is 3.39. The Morgan fingerprint density at radius 2 is 2.29 bits per heavy atom. The van der Waals surface area contributed by atoms with Gasteiger partial charge in [0.1, 0.15) is 0 Å². The second-order valence-corrected chi connectivity index (χ2v) is 2.05. The molecular formula is C5H8NS+. The molecule has 0 spiro atoms. The molecule has 1 atom stereocenters. The van der Waals surface area contributed by atoms with Crippen LogP contribution in [0.2, 0.25) is 0 Å². The maximum Gasteiger partial charge on any atom is 0.153 e. The van der Waals surface area contributed by atoms with Gasteiger partial charge in [-0.1, -0.05) is 6.08 Å². The molecule has 1 aliphatic heterocycles. The topological polar surface area (TPSA) is 16.6 Å². The Kier molecular flexibility index (Phi) is 1.54. The molecule has 0 fully saturated rings. The third kappa shape index (κ3) is 1.37. The Labute approximate surface area is 48.5 Å². The van der Waals surface area contributed by atoms with E-state index in [0.717, 1.165) is 0 Å².